The molecule has 2 N–H and O–H groups in total. The van der Waals surface area contributed by atoms with E-state index in [0.717, 1.165) is 5.75 Å². The molecule has 1 aromatic heterocycles. The van der Waals surface area contributed by atoms with Crippen LogP contribution in [0.2, 0.25) is 0 Å². The van der Waals surface area contributed by atoms with Crippen LogP contribution in [0.4, 0.5) is 0 Å². The molecule has 0 amide bonds. The predicted octanol–water partition coefficient (Wildman–Crippen LogP) is 3.50. The van der Waals surface area contributed by atoms with Gasteiger partial charge >= 0.3 is 0 Å². The van der Waals surface area contributed by atoms with Gasteiger partial charge in [-0.05, 0) is 49.1 Å². The van der Waals surface area contributed by atoms with E-state index in [4.69, 9.17) is 5.73 Å². The number of aryl methyl sites for hydroxylation is 1. The van der Waals surface area contributed by atoms with Crippen molar-refractivity contribution in [2.75, 3.05) is 25.6 Å². The number of nitrogens with two attached hydrogens (primary N) is 1. The summed E-state index contributed by atoms with van der Waals surface area (Å²) in [7, 11) is 2.17. The second kappa shape index (κ2) is 7.14. The van der Waals surface area contributed by atoms with Crippen LogP contribution >= 0.6 is 39.0 Å². The third-order valence-electron chi connectivity index (χ3n) is 3.02. The van der Waals surface area contributed by atoms with Crippen LogP contribution in [0.3, 0.4) is 0 Å². The molecule has 0 spiro atoms. The van der Waals surface area contributed by atoms with Crippen LogP contribution in [-0.2, 0) is 0 Å². The highest BCUT2D eigenvalue weighted by Crippen LogP contribution is 2.33. The van der Waals surface area contributed by atoms with E-state index in [1.807, 2.05) is 23.1 Å². The van der Waals surface area contributed by atoms with Gasteiger partial charge < -0.3 is 5.73 Å². The predicted molar refractivity (Wildman–Crippen MR) is 84.2 cm³/mol. The van der Waals surface area contributed by atoms with Gasteiger partial charge in [-0.25, -0.2) is 0 Å². The van der Waals surface area contributed by atoms with E-state index < -0.39 is 0 Å². The summed E-state index contributed by atoms with van der Waals surface area (Å²) >= 11 is 7.29. The van der Waals surface area contributed by atoms with Crippen molar-refractivity contribution in [1.82, 2.24) is 4.90 Å². The Morgan fingerprint density at radius 1 is 1.59 bits per heavy atom. The Morgan fingerprint density at radius 2 is 2.24 bits per heavy atom. The van der Waals surface area contributed by atoms with E-state index in [1.165, 1.54) is 14.2 Å². The van der Waals surface area contributed by atoms with Gasteiger partial charge in [0.1, 0.15) is 0 Å². The van der Waals surface area contributed by atoms with Crippen molar-refractivity contribution in [2.24, 2.45) is 5.73 Å². The molecule has 0 radical (unpaired) electrons. The van der Waals surface area contributed by atoms with Crippen LogP contribution in [0.25, 0.3) is 0 Å². The molecule has 0 fully saturated rings. The largest absolute Gasteiger partial charge is 0.329 e. The van der Waals surface area contributed by atoms with Crippen LogP contribution in [0.5, 0.6) is 0 Å². The Labute approximate surface area is 121 Å². The Balaban J connectivity index is 2.83. The lowest BCUT2D eigenvalue weighted by atomic mass is 10.2. The summed E-state index contributed by atoms with van der Waals surface area (Å²) in [6.45, 7) is 5.06. The molecule has 17 heavy (non-hydrogen) atoms. The Hall–Kier alpha value is 0.450. The molecule has 1 heterocycles. The highest BCUT2D eigenvalue weighted by molar-refractivity contribution is 9.10. The van der Waals surface area contributed by atoms with Crippen molar-refractivity contribution in [3.63, 3.8) is 0 Å². The number of hydrogen-bond acceptors (Lipinski definition) is 4. The molecule has 0 saturated heterocycles. The minimum absolute atomic E-state index is 0.326. The second-order valence-corrected chi connectivity index (χ2v) is 7.33. The lowest BCUT2D eigenvalue weighted by Crippen LogP contribution is -2.37. The zero-order valence-electron chi connectivity index (χ0n) is 10.9. The number of thioether (sulfide) groups is 1. The fraction of sp³-hybridized carbons (Fsp3) is 0.667. The van der Waals surface area contributed by atoms with Gasteiger partial charge in [0.05, 0.1) is 6.04 Å². The third-order valence-corrected chi connectivity index (χ3v) is 6.08. The summed E-state index contributed by atoms with van der Waals surface area (Å²) in [4.78, 5) is 5.06. The normalized spacial score (nSPS) is 15.2. The molecule has 2 atom stereocenters. The monoisotopic (exact) mass is 336 g/mol. The summed E-state index contributed by atoms with van der Waals surface area (Å²) in [6, 6.07) is 3.08. The van der Waals surface area contributed by atoms with Gasteiger partial charge in [0, 0.05) is 32.6 Å². The average Bonchev–Trinajstić information content (AvgIpc) is 2.60. The van der Waals surface area contributed by atoms with E-state index in [0.29, 0.717) is 18.6 Å². The summed E-state index contributed by atoms with van der Waals surface area (Å²) in [5.74, 6) is 1.14. The molecule has 0 bridgehead atoms. The number of halogens is 1. The van der Waals surface area contributed by atoms with E-state index in [9.17, 15) is 0 Å². The van der Waals surface area contributed by atoms with Crippen molar-refractivity contribution in [2.45, 2.75) is 25.9 Å². The van der Waals surface area contributed by atoms with Crippen molar-refractivity contribution in [3.05, 3.63) is 20.3 Å². The molecule has 0 aliphatic rings. The molecule has 1 rings (SSSR count). The van der Waals surface area contributed by atoms with E-state index in [1.54, 1.807) is 0 Å². The van der Waals surface area contributed by atoms with Crippen molar-refractivity contribution in [3.8, 4) is 0 Å². The molecule has 5 heteroatoms. The van der Waals surface area contributed by atoms with E-state index >= 15 is 0 Å². The summed E-state index contributed by atoms with van der Waals surface area (Å²) < 4.78 is 1.20. The number of thiophene rings is 1. The maximum Gasteiger partial charge on any atom is 0.0564 e. The summed E-state index contributed by atoms with van der Waals surface area (Å²) in [5.41, 5.74) is 5.94. The Bertz CT molecular complexity index is 335. The van der Waals surface area contributed by atoms with Gasteiger partial charge in [0.15, 0.2) is 0 Å². The SMILES string of the molecule is CSCC(C)N(C)C(CN)c1cc(Br)c(C)s1. The molecule has 1 aromatic rings. The maximum absolute atomic E-state index is 5.94. The van der Waals surface area contributed by atoms with Gasteiger partial charge in [0.25, 0.3) is 0 Å². The van der Waals surface area contributed by atoms with Crippen LogP contribution < -0.4 is 5.73 Å². The quantitative estimate of drug-likeness (QED) is 0.861. The Kier molecular flexibility index (Phi) is 6.51. The highest BCUT2D eigenvalue weighted by Gasteiger charge is 2.22. The van der Waals surface area contributed by atoms with Crippen molar-refractivity contribution >= 4 is 39.0 Å². The van der Waals surface area contributed by atoms with Gasteiger partial charge in [-0.15, -0.1) is 11.3 Å². The number of nitrogens with zero attached hydrogens (tertiary/aromatic N) is 1. The Morgan fingerprint density at radius 3 is 2.65 bits per heavy atom. The van der Waals surface area contributed by atoms with Crippen LogP contribution in [0.1, 0.15) is 22.7 Å². The molecular weight excluding hydrogens is 316 g/mol. The zero-order valence-corrected chi connectivity index (χ0v) is 14.1. The second-order valence-electron chi connectivity index (χ2n) is 4.27. The number of likely N-dealkylation sites (N-methyl/N-ethyl adjacent to an activating group) is 1. The number of hydrogen-bond donors (Lipinski definition) is 1. The minimum atomic E-state index is 0.326. The third kappa shape index (κ3) is 3.96. The summed E-state index contributed by atoms with van der Waals surface area (Å²) in [5, 5.41) is 0. The zero-order chi connectivity index (χ0) is 13.0. The van der Waals surface area contributed by atoms with Crippen LogP contribution in [0.15, 0.2) is 10.5 Å². The lowest BCUT2D eigenvalue weighted by molar-refractivity contribution is 0.207. The smallest absolute Gasteiger partial charge is 0.0564 e. The van der Waals surface area contributed by atoms with Crippen LogP contribution in [-0.4, -0.2) is 36.5 Å². The fourth-order valence-electron chi connectivity index (χ4n) is 1.79. The molecule has 0 saturated carbocycles. The summed E-state index contributed by atoms with van der Waals surface area (Å²) in [6.07, 6.45) is 2.15. The average molecular weight is 337 g/mol. The maximum atomic E-state index is 5.94. The first-order valence-corrected chi connectivity index (χ1v) is 8.68. The van der Waals surface area contributed by atoms with E-state index in [2.05, 4.69) is 54.0 Å². The minimum Gasteiger partial charge on any atom is -0.329 e. The van der Waals surface area contributed by atoms with Gasteiger partial charge in [-0.3, -0.25) is 4.90 Å². The first-order chi connectivity index (χ1) is 8.01. The highest BCUT2D eigenvalue weighted by atomic mass is 79.9. The molecule has 98 valence electrons. The molecule has 0 aliphatic heterocycles. The molecule has 2 unspecified atom stereocenters. The lowest BCUT2D eigenvalue weighted by Gasteiger charge is -2.31. The first kappa shape index (κ1) is 15.5. The fourth-order valence-corrected chi connectivity index (χ4v) is 4.24. The molecule has 2 nitrogen and oxygen atoms in total. The molecule has 0 aliphatic carbocycles. The topological polar surface area (TPSA) is 29.3 Å². The van der Waals surface area contributed by atoms with Gasteiger partial charge in [-0.2, -0.15) is 11.8 Å². The van der Waals surface area contributed by atoms with Crippen molar-refractivity contribution in [1.29, 1.82) is 0 Å². The molecular formula is C12H21BrN2S2. The van der Waals surface area contributed by atoms with Crippen LogP contribution in [0, 0.1) is 6.92 Å². The molecule has 0 aromatic carbocycles. The van der Waals surface area contributed by atoms with Gasteiger partial charge in [0.2, 0.25) is 0 Å². The first-order valence-electron chi connectivity index (χ1n) is 5.68. The van der Waals surface area contributed by atoms with Crippen molar-refractivity contribution < 1.29 is 0 Å². The standard InChI is InChI=1S/C12H21BrN2S2/c1-8(7-16-4)15(3)11(6-14)12-5-10(13)9(2)17-12/h5,8,11H,6-7,14H2,1-4H3. The van der Waals surface area contributed by atoms with Gasteiger partial charge in [-0.1, -0.05) is 0 Å². The van der Waals surface area contributed by atoms with E-state index in [-0.39, 0.29) is 0 Å². The number of rotatable bonds is 6.